The Morgan fingerprint density at radius 3 is 2.75 bits per heavy atom. The van der Waals surface area contributed by atoms with E-state index in [0.717, 1.165) is 12.8 Å². The van der Waals surface area contributed by atoms with Crippen molar-refractivity contribution in [3.05, 3.63) is 12.5 Å². The van der Waals surface area contributed by atoms with Crippen LogP contribution in [0.25, 0.3) is 0 Å². The second-order valence-corrected chi connectivity index (χ2v) is 7.01. The van der Waals surface area contributed by atoms with Crippen molar-refractivity contribution in [3.63, 3.8) is 0 Å². The highest BCUT2D eigenvalue weighted by atomic mass is 35.5. The van der Waals surface area contributed by atoms with Crippen LogP contribution in [-0.2, 0) is 16.6 Å². The van der Waals surface area contributed by atoms with Gasteiger partial charge in [0.2, 0.25) is 0 Å². The third-order valence-electron chi connectivity index (χ3n) is 3.74. The summed E-state index contributed by atoms with van der Waals surface area (Å²) in [7, 11) is -3.51. The zero-order valence-electron chi connectivity index (χ0n) is 11.9. The molecule has 1 saturated heterocycles. The van der Waals surface area contributed by atoms with Crippen LogP contribution in [0.15, 0.2) is 17.6 Å². The van der Waals surface area contributed by atoms with Crippen LogP contribution in [0.3, 0.4) is 0 Å². The van der Waals surface area contributed by atoms with Crippen molar-refractivity contribution in [2.75, 3.05) is 13.1 Å². The van der Waals surface area contributed by atoms with E-state index >= 15 is 0 Å². The zero-order valence-corrected chi connectivity index (χ0v) is 13.5. The molecule has 1 aromatic rings. The minimum absolute atomic E-state index is 0. The lowest BCUT2D eigenvalue weighted by molar-refractivity contribution is 0.210. The van der Waals surface area contributed by atoms with E-state index in [9.17, 15) is 8.42 Å². The van der Waals surface area contributed by atoms with E-state index in [-0.39, 0.29) is 23.5 Å². The highest BCUT2D eigenvalue weighted by molar-refractivity contribution is 7.89. The molecular weight excluding hydrogens is 300 g/mol. The average Bonchev–Trinajstić information content (AvgIpc) is 2.87. The second-order valence-electron chi connectivity index (χ2n) is 5.18. The summed E-state index contributed by atoms with van der Waals surface area (Å²) < 4.78 is 28.5. The summed E-state index contributed by atoms with van der Waals surface area (Å²) >= 11 is 0. The number of sulfonamides is 1. The zero-order chi connectivity index (χ0) is 14.0. The predicted molar refractivity (Wildman–Crippen MR) is 80.3 cm³/mol. The van der Waals surface area contributed by atoms with Crippen LogP contribution < -0.4 is 5.73 Å². The third kappa shape index (κ3) is 3.33. The Bertz CT molecular complexity index is 531. The molecule has 0 bridgehead atoms. The second kappa shape index (κ2) is 6.89. The number of halogens is 1. The van der Waals surface area contributed by atoms with Gasteiger partial charge in [0.05, 0.1) is 6.33 Å². The van der Waals surface area contributed by atoms with Gasteiger partial charge in [0.15, 0.2) is 5.03 Å². The van der Waals surface area contributed by atoms with Crippen LogP contribution in [0.1, 0.15) is 26.7 Å². The first kappa shape index (κ1) is 17.4. The van der Waals surface area contributed by atoms with Crippen LogP contribution in [0, 0.1) is 5.92 Å². The predicted octanol–water partition coefficient (Wildman–Crippen LogP) is 1.07. The van der Waals surface area contributed by atoms with Gasteiger partial charge in [-0.1, -0.05) is 6.92 Å². The average molecular weight is 323 g/mol. The van der Waals surface area contributed by atoms with Gasteiger partial charge in [-0.15, -0.1) is 12.4 Å². The Morgan fingerprint density at radius 2 is 2.20 bits per heavy atom. The largest absolute Gasteiger partial charge is 0.336 e. The molecule has 2 unspecified atom stereocenters. The minimum atomic E-state index is -3.51. The van der Waals surface area contributed by atoms with Crippen LogP contribution in [0.2, 0.25) is 0 Å². The van der Waals surface area contributed by atoms with Gasteiger partial charge < -0.3 is 10.3 Å². The van der Waals surface area contributed by atoms with E-state index < -0.39 is 10.0 Å². The Hall–Kier alpha value is -0.630. The highest BCUT2D eigenvalue weighted by Crippen LogP contribution is 2.27. The molecule has 2 rings (SSSR count). The van der Waals surface area contributed by atoms with Gasteiger partial charge in [0, 0.05) is 31.9 Å². The first-order valence-corrected chi connectivity index (χ1v) is 8.16. The van der Waals surface area contributed by atoms with Gasteiger partial charge in [-0.3, -0.25) is 0 Å². The molecule has 0 aromatic carbocycles. The first-order valence-electron chi connectivity index (χ1n) is 6.72. The molecule has 8 heteroatoms. The summed E-state index contributed by atoms with van der Waals surface area (Å²) in [4.78, 5) is 4.01. The van der Waals surface area contributed by atoms with Crippen LogP contribution in [-0.4, -0.2) is 41.4 Å². The molecule has 1 fully saturated rings. The molecule has 1 aliphatic rings. The Morgan fingerprint density at radius 1 is 1.50 bits per heavy atom. The lowest BCUT2D eigenvalue weighted by atomic mass is 9.94. The molecule has 0 aliphatic carbocycles. The SMILES string of the molecule is CCn1cnc(S(=O)(=O)N2CCC(C)CC2CN)c1.Cl. The quantitative estimate of drug-likeness (QED) is 0.899. The molecule has 2 heterocycles. The Kier molecular flexibility index (Phi) is 6.00. The molecule has 20 heavy (non-hydrogen) atoms. The Labute approximate surface area is 126 Å². The number of aryl methyl sites for hydroxylation is 1. The molecular formula is C12H23ClN4O2S. The molecule has 1 aromatic heterocycles. The fourth-order valence-electron chi connectivity index (χ4n) is 2.53. The van der Waals surface area contributed by atoms with Crippen LogP contribution >= 0.6 is 12.4 Å². The monoisotopic (exact) mass is 322 g/mol. The lowest BCUT2D eigenvalue weighted by Gasteiger charge is -2.36. The number of hydrogen-bond acceptors (Lipinski definition) is 4. The fourth-order valence-corrected chi connectivity index (χ4v) is 4.13. The topological polar surface area (TPSA) is 81.2 Å². The number of aromatic nitrogens is 2. The van der Waals surface area contributed by atoms with E-state index in [1.807, 2.05) is 6.92 Å². The molecule has 116 valence electrons. The van der Waals surface area contributed by atoms with Gasteiger partial charge in [0.1, 0.15) is 0 Å². The van der Waals surface area contributed by atoms with Crippen molar-refractivity contribution in [1.29, 1.82) is 0 Å². The van der Waals surface area contributed by atoms with Crippen molar-refractivity contribution in [2.45, 2.75) is 44.3 Å². The Balaban J connectivity index is 0.00000200. The summed E-state index contributed by atoms with van der Waals surface area (Å²) in [6.07, 6.45) is 4.84. The maximum Gasteiger partial charge on any atom is 0.262 e. The summed E-state index contributed by atoms with van der Waals surface area (Å²) in [5, 5.41) is 0.127. The van der Waals surface area contributed by atoms with Crippen molar-refractivity contribution in [1.82, 2.24) is 13.9 Å². The molecule has 0 saturated carbocycles. The number of imidazole rings is 1. The van der Waals surface area contributed by atoms with E-state index in [4.69, 9.17) is 5.73 Å². The van der Waals surface area contributed by atoms with E-state index in [2.05, 4.69) is 11.9 Å². The standard InChI is InChI=1S/C12H22N4O2S.ClH/c1-3-15-8-12(14-9-15)19(17,18)16-5-4-10(2)6-11(16)7-13;/h8-11H,3-7,13H2,1-2H3;1H. The van der Waals surface area contributed by atoms with Crippen molar-refractivity contribution < 1.29 is 8.42 Å². The number of hydrogen-bond donors (Lipinski definition) is 1. The molecule has 6 nitrogen and oxygen atoms in total. The maximum absolute atomic E-state index is 12.6. The third-order valence-corrected chi connectivity index (χ3v) is 5.58. The van der Waals surface area contributed by atoms with E-state index in [1.165, 1.54) is 4.31 Å². The van der Waals surface area contributed by atoms with Gasteiger partial charge in [-0.25, -0.2) is 13.4 Å². The fraction of sp³-hybridized carbons (Fsp3) is 0.750. The number of nitrogens with zero attached hydrogens (tertiary/aromatic N) is 3. The van der Waals surface area contributed by atoms with E-state index in [0.29, 0.717) is 25.6 Å². The number of piperidine rings is 1. The van der Waals surface area contributed by atoms with Crippen molar-refractivity contribution >= 4 is 22.4 Å². The number of nitrogens with two attached hydrogens (primary N) is 1. The minimum Gasteiger partial charge on any atom is -0.336 e. The number of rotatable bonds is 4. The van der Waals surface area contributed by atoms with E-state index in [1.54, 1.807) is 17.1 Å². The van der Waals surface area contributed by atoms with Gasteiger partial charge in [-0.05, 0) is 25.7 Å². The molecule has 0 radical (unpaired) electrons. The summed E-state index contributed by atoms with van der Waals surface area (Å²) in [5.74, 6) is 0.521. The maximum atomic E-state index is 12.6. The van der Waals surface area contributed by atoms with Gasteiger partial charge in [-0.2, -0.15) is 4.31 Å². The molecule has 0 amide bonds. The molecule has 2 N–H and O–H groups in total. The lowest BCUT2D eigenvalue weighted by Crippen LogP contribution is -2.49. The summed E-state index contributed by atoms with van der Waals surface area (Å²) in [5.41, 5.74) is 5.73. The summed E-state index contributed by atoms with van der Waals surface area (Å²) in [6, 6.07) is -0.111. The van der Waals surface area contributed by atoms with Crippen LogP contribution in [0.5, 0.6) is 0 Å². The highest BCUT2D eigenvalue weighted by Gasteiger charge is 2.36. The normalized spacial score (nSPS) is 24.4. The molecule has 1 aliphatic heterocycles. The molecule has 0 spiro atoms. The molecule has 2 atom stereocenters. The first-order chi connectivity index (χ1) is 8.98. The van der Waals surface area contributed by atoms with Crippen molar-refractivity contribution in [3.8, 4) is 0 Å². The van der Waals surface area contributed by atoms with Crippen molar-refractivity contribution in [2.24, 2.45) is 11.7 Å². The van der Waals surface area contributed by atoms with Crippen LogP contribution in [0.4, 0.5) is 0 Å². The van der Waals surface area contributed by atoms with Gasteiger partial charge in [0.25, 0.3) is 10.0 Å². The smallest absolute Gasteiger partial charge is 0.262 e. The summed E-state index contributed by atoms with van der Waals surface area (Å²) in [6.45, 7) is 5.68. The van der Waals surface area contributed by atoms with Gasteiger partial charge >= 0.3 is 0 Å².